The van der Waals surface area contributed by atoms with Gasteiger partial charge in [0.1, 0.15) is 4.53 Å². The highest BCUT2D eigenvalue weighted by atomic mass is 32.1. The smallest absolute Gasteiger partial charge is 0.311 e. The highest BCUT2D eigenvalue weighted by molar-refractivity contribution is 7.07. The molecule has 29 heavy (non-hydrogen) atoms. The molecule has 0 aliphatic carbocycles. The number of likely N-dealkylation sites (N-methyl/N-ethyl adjacent to an activating group) is 3. The first-order chi connectivity index (χ1) is 14.0. The lowest BCUT2D eigenvalue weighted by Gasteiger charge is -2.29. The SMILES string of the molecule is CCN1C(=O)N(CC)C2C1NN=c1s/c(=C3\C(=O)N(C)c4ccccc43)c(=O)n12. The summed E-state index contributed by atoms with van der Waals surface area (Å²) in [5.74, 6) is -0.211. The van der Waals surface area contributed by atoms with Crippen LogP contribution in [0.4, 0.5) is 10.5 Å². The maximum atomic E-state index is 13.5. The van der Waals surface area contributed by atoms with E-state index in [-0.39, 0.29) is 17.5 Å². The standard InChI is InChI=1S/C19H20N6O3S/c1-4-23-14-15(24(5-2)19(23)28)25-17(27)13(29-18(25)21-20-14)12-10-8-6-7-9-11(10)22(3)16(12)26/h6-9,14-15,20H,4-5H2,1-3H3/b13-12-. The molecule has 4 heterocycles. The number of hydrogen-bond acceptors (Lipinski definition) is 6. The lowest BCUT2D eigenvalue weighted by atomic mass is 10.1. The molecule has 3 aliphatic rings. The number of hydrogen-bond donors (Lipinski definition) is 1. The number of para-hydroxylation sites is 1. The summed E-state index contributed by atoms with van der Waals surface area (Å²) < 4.78 is 1.91. The Bertz CT molecular complexity index is 1230. The highest BCUT2D eigenvalue weighted by Crippen LogP contribution is 2.34. The summed E-state index contributed by atoms with van der Waals surface area (Å²) in [6, 6.07) is 7.30. The number of aromatic nitrogens is 1. The van der Waals surface area contributed by atoms with Gasteiger partial charge in [0, 0.05) is 25.7 Å². The van der Waals surface area contributed by atoms with Crippen LogP contribution in [0.5, 0.6) is 0 Å². The quantitative estimate of drug-likeness (QED) is 0.741. The molecule has 0 spiro atoms. The molecule has 0 saturated carbocycles. The molecule has 0 radical (unpaired) electrons. The fourth-order valence-electron chi connectivity index (χ4n) is 4.36. The first-order valence-corrected chi connectivity index (χ1v) is 10.3. The summed E-state index contributed by atoms with van der Waals surface area (Å²) in [5, 5.41) is 4.36. The summed E-state index contributed by atoms with van der Waals surface area (Å²) >= 11 is 1.18. The van der Waals surface area contributed by atoms with E-state index in [0.29, 0.717) is 28.0 Å². The zero-order chi connectivity index (χ0) is 20.4. The lowest BCUT2D eigenvalue weighted by Crippen LogP contribution is -2.53. The molecule has 2 unspecified atom stereocenters. The van der Waals surface area contributed by atoms with Crippen molar-refractivity contribution in [3.63, 3.8) is 0 Å². The van der Waals surface area contributed by atoms with E-state index in [1.54, 1.807) is 26.3 Å². The Labute approximate surface area is 170 Å². The maximum absolute atomic E-state index is 13.5. The second-order valence-corrected chi connectivity index (χ2v) is 8.08. The number of nitrogens with one attached hydrogen (secondary N) is 1. The van der Waals surface area contributed by atoms with Crippen LogP contribution in [0.3, 0.4) is 0 Å². The van der Waals surface area contributed by atoms with Crippen molar-refractivity contribution in [3.8, 4) is 0 Å². The average molecular weight is 412 g/mol. The topological polar surface area (TPSA) is 90.2 Å². The summed E-state index contributed by atoms with van der Waals surface area (Å²) in [4.78, 5) is 44.6. The summed E-state index contributed by atoms with van der Waals surface area (Å²) in [7, 11) is 1.70. The van der Waals surface area contributed by atoms with E-state index in [9.17, 15) is 14.4 Å². The van der Waals surface area contributed by atoms with E-state index in [2.05, 4.69) is 10.5 Å². The van der Waals surface area contributed by atoms with Crippen LogP contribution in [0.2, 0.25) is 0 Å². The lowest BCUT2D eigenvalue weighted by molar-refractivity contribution is -0.112. The third-order valence-corrected chi connectivity index (χ3v) is 6.81. The molecule has 1 fully saturated rings. The minimum absolute atomic E-state index is 0.130. The second-order valence-electron chi connectivity index (χ2n) is 7.10. The summed E-state index contributed by atoms with van der Waals surface area (Å²) in [6.45, 7) is 4.76. The molecular formula is C19H20N6O3S. The highest BCUT2D eigenvalue weighted by Gasteiger charge is 2.48. The molecule has 1 aromatic heterocycles. The number of carbonyl (C=O) groups excluding carboxylic acids is 2. The molecule has 1 saturated heterocycles. The van der Waals surface area contributed by atoms with Gasteiger partial charge in [-0.05, 0) is 19.9 Å². The molecule has 3 amide bonds. The third-order valence-electron chi connectivity index (χ3n) is 5.76. The van der Waals surface area contributed by atoms with Gasteiger partial charge in [-0.1, -0.05) is 29.5 Å². The molecule has 9 nitrogen and oxygen atoms in total. The van der Waals surface area contributed by atoms with Crippen LogP contribution in [0, 0.1) is 0 Å². The molecular weight excluding hydrogens is 392 g/mol. The predicted octanol–water partition coefficient (Wildman–Crippen LogP) is -0.175. The largest absolute Gasteiger partial charge is 0.323 e. The molecule has 3 aliphatic heterocycles. The van der Waals surface area contributed by atoms with Crippen LogP contribution < -0.4 is 25.2 Å². The third kappa shape index (κ3) is 2.20. The second kappa shape index (κ2) is 6.18. The number of fused-ring (bicyclic) bond motifs is 4. The molecule has 2 atom stereocenters. The Morgan fingerprint density at radius 1 is 1.10 bits per heavy atom. The number of carbonyl (C=O) groups is 2. The zero-order valence-corrected chi connectivity index (χ0v) is 17.1. The van der Waals surface area contributed by atoms with E-state index in [4.69, 9.17) is 0 Å². The van der Waals surface area contributed by atoms with Crippen molar-refractivity contribution in [3.05, 3.63) is 49.5 Å². The van der Waals surface area contributed by atoms with Crippen molar-refractivity contribution < 1.29 is 9.59 Å². The summed E-state index contributed by atoms with van der Waals surface area (Å²) in [6.07, 6.45) is -0.915. The Morgan fingerprint density at radius 3 is 2.55 bits per heavy atom. The Morgan fingerprint density at radius 2 is 1.83 bits per heavy atom. The molecule has 10 heteroatoms. The molecule has 1 aromatic carbocycles. The minimum Gasteiger partial charge on any atom is -0.311 e. The van der Waals surface area contributed by atoms with Gasteiger partial charge in [0.15, 0.2) is 12.3 Å². The zero-order valence-electron chi connectivity index (χ0n) is 16.2. The van der Waals surface area contributed by atoms with Gasteiger partial charge in [0.2, 0.25) is 4.80 Å². The fourth-order valence-corrected chi connectivity index (χ4v) is 5.41. The number of rotatable bonds is 2. The minimum atomic E-state index is -0.498. The van der Waals surface area contributed by atoms with Gasteiger partial charge in [-0.2, -0.15) is 0 Å². The first-order valence-electron chi connectivity index (χ1n) is 9.53. The van der Waals surface area contributed by atoms with Gasteiger partial charge < -0.3 is 4.90 Å². The van der Waals surface area contributed by atoms with E-state index < -0.39 is 12.3 Å². The van der Waals surface area contributed by atoms with E-state index in [1.807, 2.05) is 38.1 Å². The van der Waals surface area contributed by atoms with Crippen LogP contribution in [0.15, 0.2) is 34.2 Å². The maximum Gasteiger partial charge on any atom is 0.323 e. The summed E-state index contributed by atoms with van der Waals surface area (Å²) in [5.41, 5.74) is 4.66. The molecule has 1 N–H and O–H groups in total. The van der Waals surface area contributed by atoms with Crippen LogP contribution in [0.1, 0.15) is 25.6 Å². The Hall–Kier alpha value is -3.14. The van der Waals surface area contributed by atoms with Crippen molar-refractivity contribution in [2.24, 2.45) is 5.10 Å². The number of anilines is 1. The number of benzene rings is 1. The normalized spacial score (nSPS) is 24.3. The van der Waals surface area contributed by atoms with Crippen LogP contribution >= 0.6 is 11.3 Å². The van der Waals surface area contributed by atoms with Gasteiger partial charge >= 0.3 is 6.03 Å². The van der Waals surface area contributed by atoms with E-state index in [0.717, 1.165) is 11.3 Å². The fraction of sp³-hybridized carbons (Fsp3) is 0.368. The number of amides is 3. The van der Waals surface area contributed by atoms with Crippen LogP contribution in [0.25, 0.3) is 5.57 Å². The number of nitrogens with zero attached hydrogens (tertiary/aromatic N) is 5. The van der Waals surface area contributed by atoms with Gasteiger partial charge in [-0.25, -0.2) is 4.79 Å². The van der Waals surface area contributed by atoms with Crippen molar-refractivity contribution in [1.29, 1.82) is 0 Å². The van der Waals surface area contributed by atoms with Gasteiger partial charge in [0.05, 0.1) is 11.3 Å². The number of thiazole rings is 1. The first kappa shape index (κ1) is 17.9. The van der Waals surface area contributed by atoms with Crippen molar-refractivity contribution in [1.82, 2.24) is 19.8 Å². The predicted molar refractivity (Wildman–Crippen MR) is 108 cm³/mol. The van der Waals surface area contributed by atoms with Crippen molar-refractivity contribution in [2.45, 2.75) is 26.2 Å². The van der Waals surface area contributed by atoms with E-state index in [1.165, 1.54) is 11.3 Å². The Balaban J connectivity index is 1.78. The molecule has 2 aromatic rings. The van der Waals surface area contributed by atoms with Gasteiger partial charge in [-0.15, -0.1) is 5.10 Å². The van der Waals surface area contributed by atoms with Crippen LogP contribution in [-0.2, 0) is 4.79 Å². The van der Waals surface area contributed by atoms with Crippen LogP contribution in [-0.4, -0.2) is 52.6 Å². The van der Waals surface area contributed by atoms with Crippen molar-refractivity contribution >= 4 is 34.5 Å². The molecule has 150 valence electrons. The van der Waals surface area contributed by atoms with Gasteiger partial charge in [-0.3, -0.25) is 29.4 Å². The number of urea groups is 1. The van der Waals surface area contributed by atoms with Crippen molar-refractivity contribution in [2.75, 3.05) is 25.0 Å². The molecule has 5 rings (SSSR count). The van der Waals surface area contributed by atoms with E-state index >= 15 is 0 Å². The average Bonchev–Trinajstić information content (AvgIpc) is 3.29. The monoisotopic (exact) mass is 412 g/mol. The molecule has 0 bridgehead atoms. The van der Waals surface area contributed by atoms with Gasteiger partial charge in [0.25, 0.3) is 11.5 Å². The Kier molecular flexibility index (Phi) is 3.82.